The SMILES string of the molecule is CCN(CC)CCOC(=O)CCC(c1ccccc1)N(CCCS(=O)[O-])CCCS(=O)[O-]. The number of ether oxygens (including phenoxy) is 1. The van der Waals surface area contributed by atoms with Gasteiger partial charge in [-0.1, -0.05) is 66.3 Å². The molecule has 32 heavy (non-hydrogen) atoms. The Morgan fingerprint density at radius 1 is 0.969 bits per heavy atom. The van der Waals surface area contributed by atoms with Crippen LogP contribution in [0.2, 0.25) is 0 Å². The van der Waals surface area contributed by atoms with Crippen LogP contribution in [0.1, 0.15) is 51.1 Å². The van der Waals surface area contributed by atoms with Gasteiger partial charge in [0.25, 0.3) is 0 Å². The Balaban J connectivity index is 2.80. The molecule has 0 saturated carbocycles. The first-order chi connectivity index (χ1) is 15.4. The van der Waals surface area contributed by atoms with Gasteiger partial charge in [-0.2, -0.15) is 0 Å². The molecule has 0 aliphatic rings. The molecule has 0 bridgehead atoms. The van der Waals surface area contributed by atoms with E-state index in [0.717, 1.165) is 18.7 Å². The topological polar surface area (TPSA) is 113 Å². The maximum absolute atomic E-state index is 12.3. The van der Waals surface area contributed by atoms with E-state index in [-0.39, 0.29) is 29.9 Å². The smallest absolute Gasteiger partial charge is 0.305 e. The van der Waals surface area contributed by atoms with Crippen LogP contribution < -0.4 is 0 Å². The van der Waals surface area contributed by atoms with Crippen molar-refractivity contribution in [3.8, 4) is 0 Å². The number of hydrogen-bond donors (Lipinski definition) is 0. The third-order valence-corrected chi connectivity index (χ3v) is 6.57. The van der Waals surface area contributed by atoms with Gasteiger partial charge in [0.2, 0.25) is 0 Å². The van der Waals surface area contributed by atoms with Crippen LogP contribution in [0.15, 0.2) is 30.3 Å². The zero-order valence-electron chi connectivity index (χ0n) is 19.1. The summed E-state index contributed by atoms with van der Waals surface area (Å²) in [6.07, 6.45) is 1.62. The summed E-state index contributed by atoms with van der Waals surface area (Å²) in [4.78, 5) is 16.6. The number of likely N-dealkylation sites (N-methyl/N-ethyl adjacent to an activating group) is 1. The number of esters is 1. The predicted octanol–water partition coefficient (Wildman–Crippen LogP) is 2.23. The van der Waals surface area contributed by atoms with Crippen molar-refractivity contribution < 1.29 is 27.1 Å². The minimum Gasteiger partial charge on any atom is -0.772 e. The number of hydrogen-bond acceptors (Lipinski definition) is 8. The fourth-order valence-corrected chi connectivity index (χ4v) is 4.31. The number of carbonyl (C=O) groups excluding carboxylic acids is 1. The highest BCUT2D eigenvalue weighted by Gasteiger charge is 2.21. The third kappa shape index (κ3) is 12.8. The summed E-state index contributed by atoms with van der Waals surface area (Å²) in [5.74, 6) is -0.183. The molecule has 0 aromatic heterocycles. The maximum Gasteiger partial charge on any atom is 0.305 e. The van der Waals surface area contributed by atoms with Gasteiger partial charge in [0, 0.05) is 30.5 Å². The molecule has 1 aromatic carbocycles. The van der Waals surface area contributed by atoms with E-state index in [1.807, 2.05) is 30.3 Å². The van der Waals surface area contributed by atoms with Gasteiger partial charge in [-0.15, -0.1) is 0 Å². The van der Waals surface area contributed by atoms with Crippen molar-refractivity contribution in [3.05, 3.63) is 35.9 Å². The van der Waals surface area contributed by atoms with Crippen molar-refractivity contribution in [2.45, 2.75) is 45.6 Å². The van der Waals surface area contributed by atoms with Crippen LogP contribution >= 0.6 is 0 Å². The summed E-state index contributed by atoms with van der Waals surface area (Å²) in [5, 5.41) is 0. The van der Waals surface area contributed by atoms with Crippen LogP contribution in [0.25, 0.3) is 0 Å². The second kappa shape index (κ2) is 17.3. The summed E-state index contributed by atoms with van der Waals surface area (Å²) in [7, 11) is 0. The van der Waals surface area contributed by atoms with Crippen LogP contribution in [0.3, 0.4) is 0 Å². The number of carbonyl (C=O) groups is 1. The Morgan fingerprint density at radius 2 is 1.53 bits per heavy atom. The molecule has 184 valence electrons. The summed E-state index contributed by atoms with van der Waals surface area (Å²) in [5.41, 5.74) is 1.01. The van der Waals surface area contributed by atoms with Crippen molar-refractivity contribution in [1.82, 2.24) is 9.80 Å². The number of benzene rings is 1. The highest BCUT2D eigenvalue weighted by molar-refractivity contribution is 7.79. The molecule has 0 aliphatic heterocycles. The van der Waals surface area contributed by atoms with E-state index < -0.39 is 22.2 Å². The first kappa shape index (κ1) is 28.9. The average molecular weight is 489 g/mol. The van der Waals surface area contributed by atoms with E-state index in [1.54, 1.807) is 0 Å². The van der Waals surface area contributed by atoms with Crippen LogP contribution in [-0.2, 0) is 31.7 Å². The molecule has 3 unspecified atom stereocenters. The summed E-state index contributed by atoms with van der Waals surface area (Å²) in [6, 6.07) is 9.56. The molecule has 0 radical (unpaired) electrons. The molecule has 10 heteroatoms. The van der Waals surface area contributed by atoms with E-state index in [2.05, 4.69) is 23.6 Å². The van der Waals surface area contributed by atoms with Crippen LogP contribution in [-0.4, -0.2) is 84.1 Å². The van der Waals surface area contributed by atoms with Crippen LogP contribution in [0.4, 0.5) is 0 Å². The van der Waals surface area contributed by atoms with Gasteiger partial charge in [-0.05, 0) is 51.0 Å². The minimum atomic E-state index is -2.13. The van der Waals surface area contributed by atoms with E-state index in [0.29, 0.717) is 45.5 Å². The molecule has 0 heterocycles. The Bertz CT molecular complexity index is 668. The highest BCUT2D eigenvalue weighted by atomic mass is 32.2. The molecular weight excluding hydrogens is 452 g/mol. The van der Waals surface area contributed by atoms with Gasteiger partial charge in [-0.3, -0.25) is 18.1 Å². The molecule has 0 fully saturated rings. The molecule has 0 aliphatic carbocycles. The second-order valence-electron chi connectivity index (χ2n) is 7.47. The van der Waals surface area contributed by atoms with E-state index in [1.165, 1.54) is 0 Å². The van der Waals surface area contributed by atoms with E-state index >= 15 is 0 Å². The average Bonchev–Trinajstić information content (AvgIpc) is 2.76. The quantitative estimate of drug-likeness (QED) is 0.228. The van der Waals surface area contributed by atoms with Crippen molar-refractivity contribution in [2.75, 3.05) is 50.8 Å². The minimum absolute atomic E-state index is 0.0406. The summed E-state index contributed by atoms with van der Waals surface area (Å²) >= 11 is -4.25. The van der Waals surface area contributed by atoms with Crippen molar-refractivity contribution in [1.29, 1.82) is 0 Å². The molecule has 0 N–H and O–H groups in total. The molecule has 3 atom stereocenters. The van der Waals surface area contributed by atoms with Crippen LogP contribution in [0, 0.1) is 0 Å². The normalized spacial score (nSPS) is 14.4. The maximum atomic E-state index is 12.3. The summed E-state index contributed by atoms with van der Waals surface area (Å²) in [6.45, 7) is 7.98. The van der Waals surface area contributed by atoms with Gasteiger partial charge in [0.05, 0.1) is 0 Å². The molecule has 8 nitrogen and oxygen atoms in total. The highest BCUT2D eigenvalue weighted by Crippen LogP contribution is 2.26. The number of rotatable bonds is 18. The lowest BCUT2D eigenvalue weighted by molar-refractivity contribution is -0.144. The zero-order valence-corrected chi connectivity index (χ0v) is 20.7. The number of nitrogens with zero attached hydrogens (tertiary/aromatic N) is 2. The van der Waals surface area contributed by atoms with Gasteiger partial charge >= 0.3 is 5.97 Å². The van der Waals surface area contributed by atoms with Gasteiger partial charge < -0.3 is 18.7 Å². The summed E-state index contributed by atoms with van der Waals surface area (Å²) < 4.78 is 49.3. The van der Waals surface area contributed by atoms with Crippen molar-refractivity contribution in [3.63, 3.8) is 0 Å². The molecule has 1 rings (SSSR count). The second-order valence-corrected chi connectivity index (χ2v) is 9.50. The monoisotopic (exact) mass is 488 g/mol. The standard InChI is InChI=1S/C22H38N2O6S2/c1-3-23(4-2)16-17-30-22(25)13-12-21(20-10-6-5-7-11-20)24(14-8-18-31(26)27)15-9-19-32(28)29/h5-7,10-11,21H,3-4,8-9,12-19H2,1-2H3,(H,26,27)(H,28,29)/p-2. The van der Waals surface area contributed by atoms with E-state index in [9.17, 15) is 22.3 Å². The largest absolute Gasteiger partial charge is 0.772 e. The Morgan fingerprint density at radius 3 is 2.03 bits per heavy atom. The van der Waals surface area contributed by atoms with Gasteiger partial charge in [-0.25, -0.2) is 0 Å². The Kier molecular flexibility index (Phi) is 15.6. The first-order valence-corrected chi connectivity index (χ1v) is 13.6. The van der Waals surface area contributed by atoms with E-state index in [4.69, 9.17) is 4.74 Å². The van der Waals surface area contributed by atoms with Crippen LogP contribution in [0.5, 0.6) is 0 Å². The molecule has 0 amide bonds. The molecule has 0 saturated heterocycles. The Labute approximate surface area is 197 Å². The lowest BCUT2D eigenvalue weighted by Crippen LogP contribution is -2.33. The fourth-order valence-electron chi connectivity index (χ4n) is 3.58. The van der Waals surface area contributed by atoms with Gasteiger partial charge in [0.15, 0.2) is 0 Å². The lowest BCUT2D eigenvalue weighted by Gasteiger charge is -2.32. The van der Waals surface area contributed by atoms with Crippen molar-refractivity contribution in [2.24, 2.45) is 0 Å². The molecule has 0 spiro atoms. The predicted molar refractivity (Wildman–Crippen MR) is 126 cm³/mol. The first-order valence-electron chi connectivity index (χ1n) is 11.2. The molecular formula is C22H36N2O6S2-2. The van der Waals surface area contributed by atoms with Gasteiger partial charge in [0.1, 0.15) is 6.61 Å². The third-order valence-electron chi connectivity index (χ3n) is 5.32. The molecule has 1 aromatic rings. The fraction of sp³-hybridized carbons (Fsp3) is 0.682. The Hall–Kier alpha value is -1.17. The lowest BCUT2D eigenvalue weighted by atomic mass is 9.99. The zero-order chi connectivity index (χ0) is 23.8. The van der Waals surface area contributed by atoms with Crippen molar-refractivity contribution >= 4 is 28.1 Å².